The van der Waals surface area contributed by atoms with Crippen LogP contribution in [0.4, 0.5) is 0 Å². The summed E-state index contributed by atoms with van der Waals surface area (Å²) in [6.45, 7) is 5.50. The third-order valence-electron chi connectivity index (χ3n) is 2.98. The Bertz CT molecular complexity index is 823. The lowest BCUT2D eigenvalue weighted by Gasteiger charge is -2.07. The summed E-state index contributed by atoms with van der Waals surface area (Å²) in [5.74, 6) is -1.01. The zero-order valence-electron chi connectivity index (χ0n) is 12.4. The first-order chi connectivity index (χ1) is 10.8. The molecular formula is C15H16N2O4S2. The summed E-state index contributed by atoms with van der Waals surface area (Å²) in [6.07, 6.45) is -0.156. The van der Waals surface area contributed by atoms with E-state index >= 15 is 0 Å². The summed E-state index contributed by atoms with van der Waals surface area (Å²) in [7, 11) is -3.85. The molecule has 0 atom stereocenters. The molecule has 23 heavy (non-hydrogen) atoms. The summed E-state index contributed by atoms with van der Waals surface area (Å²) < 4.78 is 26.7. The van der Waals surface area contributed by atoms with Crippen molar-refractivity contribution in [3.05, 3.63) is 47.5 Å². The Morgan fingerprint density at radius 3 is 2.57 bits per heavy atom. The molecule has 1 aromatic heterocycles. The lowest BCUT2D eigenvalue weighted by molar-refractivity contribution is -0.136. The van der Waals surface area contributed by atoms with Crippen LogP contribution in [0.15, 0.2) is 46.9 Å². The molecule has 2 rings (SSSR count). The summed E-state index contributed by atoms with van der Waals surface area (Å²) in [5, 5.41) is 10.5. The third-order valence-corrected chi connectivity index (χ3v) is 5.33. The third kappa shape index (κ3) is 4.64. The normalized spacial score (nSPS) is 11.2. The van der Waals surface area contributed by atoms with Gasteiger partial charge in [0, 0.05) is 16.6 Å². The molecule has 0 saturated carbocycles. The maximum Gasteiger partial charge on any atom is 0.303 e. The van der Waals surface area contributed by atoms with E-state index in [1.165, 1.54) is 16.7 Å². The molecule has 0 bridgehead atoms. The first kappa shape index (κ1) is 17.2. The monoisotopic (exact) mass is 352 g/mol. The van der Waals surface area contributed by atoms with Crippen molar-refractivity contribution in [2.75, 3.05) is 0 Å². The van der Waals surface area contributed by atoms with Crippen LogP contribution in [0.25, 0.3) is 10.6 Å². The van der Waals surface area contributed by atoms with Crippen LogP contribution in [-0.2, 0) is 14.8 Å². The highest BCUT2D eigenvalue weighted by molar-refractivity contribution is 7.89. The predicted molar refractivity (Wildman–Crippen MR) is 88.6 cm³/mol. The molecule has 0 saturated heterocycles. The second-order valence-electron chi connectivity index (χ2n) is 4.96. The number of aliphatic carboxylic acids is 1. The molecule has 0 unspecified atom stereocenters. The molecular weight excluding hydrogens is 336 g/mol. The fraction of sp³-hybridized carbons (Fsp3) is 0.200. The Labute approximate surface area is 138 Å². The number of aromatic nitrogens is 1. The number of carbonyl (C=O) groups is 1. The minimum absolute atomic E-state index is 0.0313. The molecule has 0 aliphatic carbocycles. The van der Waals surface area contributed by atoms with Crippen molar-refractivity contribution < 1.29 is 18.3 Å². The largest absolute Gasteiger partial charge is 0.481 e. The standard InChI is InChI=1S/C15H16N2O4S2/c1-10-3-6-12(7-4-10)15-16-13(9-22-15)23(20,21)17-11(2)5-8-14(18)19/h3-4,6-7,9,17H,2,5,8H2,1H3,(H,18,19). The van der Waals surface area contributed by atoms with Gasteiger partial charge in [0.2, 0.25) is 0 Å². The van der Waals surface area contributed by atoms with Crippen molar-refractivity contribution in [1.82, 2.24) is 9.71 Å². The SMILES string of the molecule is C=C(CCC(=O)O)NS(=O)(=O)c1csc(-c2ccc(C)cc2)n1. The number of carboxylic acids is 1. The molecule has 0 amide bonds. The number of rotatable bonds is 7. The first-order valence-electron chi connectivity index (χ1n) is 6.73. The zero-order valence-corrected chi connectivity index (χ0v) is 14.1. The summed E-state index contributed by atoms with van der Waals surface area (Å²) in [5.41, 5.74) is 2.07. The highest BCUT2D eigenvalue weighted by Crippen LogP contribution is 2.26. The van der Waals surface area contributed by atoms with E-state index in [9.17, 15) is 13.2 Å². The number of hydrogen-bond donors (Lipinski definition) is 2. The molecule has 122 valence electrons. The Kier molecular flexibility index (Phi) is 5.17. The average Bonchev–Trinajstić information content (AvgIpc) is 2.96. The van der Waals surface area contributed by atoms with Gasteiger partial charge in [-0.2, -0.15) is 8.42 Å². The van der Waals surface area contributed by atoms with Crippen LogP contribution in [-0.4, -0.2) is 24.5 Å². The smallest absolute Gasteiger partial charge is 0.303 e. The highest BCUT2D eigenvalue weighted by atomic mass is 32.2. The highest BCUT2D eigenvalue weighted by Gasteiger charge is 2.19. The van der Waals surface area contributed by atoms with Crippen molar-refractivity contribution in [3.8, 4) is 10.6 Å². The second-order valence-corrected chi connectivity index (χ2v) is 7.45. The van der Waals surface area contributed by atoms with E-state index in [2.05, 4.69) is 16.3 Å². The number of thiazole rings is 1. The van der Waals surface area contributed by atoms with E-state index in [-0.39, 0.29) is 23.6 Å². The van der Waals surface area contributed by atoms with Gasteiger partial charge < -0.3 is 5.11 Å². The van der Waals surface area contributed by atoms with Crippen LogP contribution in [0.3, 0.4) is 0 Å². The number of aryl methyl sites for hydroxylation is 1. The average molecular weight is 352 g/mol. The predicted octanol–water partition coefficient (Wildman–Crippen LogP) is 2.78. The number of nitrogens with one attached hydrogen (secondary N) is 1. The summed E-state index contributed by atoms with van der Waals surface area (Å²) >= 11 is 1.23. The topological polar surface area (TPSA) is 96.4 Å². The summed E-state index contributed by atoms with van der Waals surface area (Å²) in [4.78, 5) is 14.6. The molecule has 2 aromatic rings. The maximum absolute atomic E-state index is 12.2. The molecule has 1 heterocycles. The van der Waals surface area contributed by atoms with Gasteiger partial charge in [0.05, 0.1) is 6.42 Å². The van der Waals surface area contributed by atoms with Gasteiger partial charge in [-0.15, -0.1) is 11.3 Å². The van der Waals surface area contributed by atoms with E-state index in [1.54, 1.807) is 0 Å². The molecule has 0 aliphatic heterocycles. The van der Waals surface area contributed by atoms with Gasteiger partial charge in [-0.05, 0) is 13.3 Å². The fourth-order valence-electron chi connectivity index (χ4n) is 1.76. The van der Waals surface area contributed by atoms with Crippen LogP contribution in [0.1, 0.15) is 18.4 Å². The molecule has 0 radical (unpaired) electrons. The lowest BCUT2D eigenvalue weighted by atomic mass is 10.2. The molecule has 0 spiro atoms. The Morgan fingerprint density at radius 2 is 1.96 bits per heavy atom. The van der Waals surface area contributed by atoms with Crippen LogP contribution in [0.2, 0.25) is 0 Å². The van der Waals surface area contributed by atoms with Gasteiger partial charge in [-0.25, -0.2) is 4.98 Å². The van der Waals surface area contributed by atoms with Crippen molar-refractivity contribution >= 4 is 27.3 Å². The minimum Gasteiger partial charge on any atom is -0.481 e. The molecule has 2 N–H and O–H groups in total. The first-order valence-corrected chi connectivity index (χ1v) is 9.09. The summed E-state index contributed by atoms with van der Waals surface area (Å²) in [6, 6.07) is 7.61. The van der Waals surface area contributed by atoms with E-state index in [4.69, 9.17) is 5.11 Å². The van der Waals surface area contributed by atoms with E-state index in [0.717, 1.165) is 11.1 Å². The quantitative estimate of drug-likeness (QED) is 0.799. The Morgan fingerprint density at radius 1 is 1.30 bits per heavy atom. The Balaban J connectivity index is 2.13. The van der Waals surface area contributed by atoms with E-state index in [0.29, 0.717) is 5.01 Å². The van der Waals surface area contributed by atoms with Crippen molar-refractivity contribution in [1.29, 1.82) is 0 Å². The van der Waals surface area contributed by atoms with Gasteiger partial charge >= 0.3 is 5.97 Å². The second kappa shape index (κ2) is 6.93. The van der Waals surface area contributed by atoms with Crippen molar-refractivity contribution in [3.63, 3.8) is 0 Å². The van der Waals surface area contributed by atoms with Crippen molar-refractivity contribution in [2.45, 2.75) is 24.8 Å². The number of benzene rings is 1. The van der Waals surface area contributed by atoms with Crippen LogP contribution in [0, 0.1) is 6.92 Å². The lowest BCUT2D eigenvalue weighted by Crippen LogP contribution is -2.23. The number of allylic oxidation sites excluding steroid dienone is 1. The van der Waals surface area contributed by atoms with Gasteiger partial charge in [-0.3, -0.25) is 9.52 Å². The molecule has 6 nitrogen and oxygen atoms in total. The molecule has 0 aliphatic rings. The molecule has 1 aromatic carbocycles. The van der Waals surface area contributed by atoms with Crippen molar-refractivity contribution in [2.24, 2.45) is 0 Å². The fourth-order valence-corrected chi connectivity index (χ4v) is 3.96. The minimum atomic E-state index is -3.85. The van der Waals surface area contributed by atoms with Gasteiger partial charge in [0.25, 0.3) is 10.0 Å². The van der Waals surface area contributed by atoms with Crippen LogP contribution < -0.4 is 4.72 Å². The molecule has 0 fully saturated rings. The maximum atomic E-state index is 12.2. The van der Waals surface area contributed by atoms with Crippen LogP contribution >= 0.6 is 11.3 Å². The number of sulfonamides is 1. The zero-order chi connectivity index (χ0) is 17.0. The Hall–Kier alpha value is -2.19. The number of carboxylic acid groups (broad SMARTS) is 1. The van der Waals surface area contributed by atoms with E-state index < -0.39 is 16.0 Å². The molecule has 8 heteroatoms. The van der Waals surface area contributed by atoms with Gasteiger partial charge in [0.15, 0.2) is 5.03 Å². The van der Waals surface area contributed by atoms with E-state index in [1.807, 2.05) is 31.2 Å². The van der Waals surface area contributed by atoms with Crippen LogP contribution in [0.5, 0.6) is 0 Å². The number of hydrogen-bond acceptors (Lipinski definition) is 5. The van der Waals surface area contributed by atoms with Gasteiger partial charge in [-0.1, -0.05) is 36.4 Å². The number of nitrogens with zero attached hydrogens (tertiary/aromatic N) is 1. The van der Waals surface area contributed by atoms with Gasteiger partial charge in [0.1, 0.15) is 5.01 Å².